The Morgan fingerprint density at radius 2 is 2.09 bits per heavy atom. The quantitative estimate of drug-likeness (QED) is 0.738. The van der Waals surface area contributed by atoms with Crippen LogP contribution in [0.3, 0.4) is 0 Å². The van der Waals surface area contributed by atoms with E-state index in [1.165, 1.54) is 22.9 Å². The summed E-state index contributed by atoms with van der Waals surface area (Å²) in [5.74, 6) is -2.35. The van der Waals surface area contributed by atoms with E-state index in [2.05, 4.69) is 16.4 Å². The number of nitriles is 1. The van der Waals surface area contributed by atoms with Gasteiger partial charge in [0.05, 0.1) is 35.0 Å². The molecule has 0 unspecified atom stereocenters. The molecule has 1 saturated carbocycles. The molecule has 1 aromatic heterocycles. The Balaban J connectivity index is 1.31. The zero-order chi connectivity index (χ0) is 23.2. The van der Waals surface area contributed by atoms with E-state index in [4.69, 9.17) is 5.26 Å². The fourth-order valence-corrected chi connectivity index (χ4v) is 6.13. The first-order valence-electron chi connectivity index (χ1n) is 10.9. The summed E-state index contributed by atoms with van der Waals surface area (Å²) in [7, 11) is 0. The largest absolute Gasteiger partial charge is 0.370 e. The van der Waals surface area contributed by atoms with Gasteiger partial charge in [-0.15, -0.1) is 11.8 Å². The second kappa shape index (κ2) is 8.13. The van der Waals surface area contributed by atoms with Crippen LogP contribution in [0.2, 0.25) is 0 Å². The Labute approximate surface area is 194 Å². The van der Waals surface area contributed by atoms with E-state index in [0.29, 0.717) is 54.0 Å². The van der Waals surface area contributed by atoms with Gasteiger partial charge in [-0.25, -0.2) is 8.78 Å². The number of fused-ring (bicyclic) bond motifs is 1. The highest BCUT2D eigenvalue weighted by atomic mass is 32.2. The zero-order valence-corrected chi connectivity index (χ0v) is 18.7. The number of benzene rings is 1. The number of alkyl halides is 2. The third-order valence-electron chi connectivity index (χ3n) is 7.00. The van der Waals surface area contributed by atoms with Crippen molar-refractivity contribution in [1.29, 1.82) is 5.26 Å². The first-order chi connectivity index (χ1) is 15.8. The number of nitrogens with zero attached hydrogens (tertiary/aromatic N) is 4. The summed E-state index contributed by atoms with van der Waals surface area (Å²) in [4.78, 5) is 33.0. The lowest BCUT2D eigenvalue weighted by atomic mass is 9.75. The smallest absolute Gasteiger partial charge is 0.257 e. The molecule has 3 fully saturated rings. The second-order valence-electron chi connectivity index (χ2n) is 8.95. The third kappa shape index (κ3) is 3.68. The lowest BCUT2D eigenvalue weighted by molar-refractivity contribution is -0.129. The average molecular weight is 472 g/mol. The second-order valence-corrected chi connectivity index (χ2v) is 9.95. The molecule has 7 nitrogen and oxygen atoms in total. The standard InChI is InChI=1S/C23H23F2N5O2S/c24-23(25)6-1-5-22(23)12-29(13-22)15-2-3-19-18(8-15)17(4-7-27-19)21(32)28-10-20(31)30-14-33-11-16(30)9-26/h2-4,7-8,16H,1,5-6,10-14H2,(H,28,32)/t16-/m1/s1. The summed E-state index contributed by atoms with van der Waals surface area (Å²) >= 11 is 1.50. The van der Waals surface area contributed by atoms with Gasteiger partial charge in [0.15, 0.2) is 0 Å². The number of nitrogens with one attached hydrogen (secondary N) is 1. The topological polar surface area (TPSA) is 89.3 Å². The molecule has 3 aliphatic rings. The highest BCUT2D eigenvalue weighted by Gasteiger charge is 2.62. The molecule has 33 heavy (non-hydrogen) atoms. The number of halogens is 2. The van der Waals surface area contributed by atoms with Crippen molar-refractivity contribution in [2.24, 2.45) is 5.41 Å². The van der Waals surface area contributed by atoms with Crippen LogP contribution in [0.4, 0.5) is 14.5 Å². The number of carbonyl (C=O) groups excluding carboxylic acids is 2. The molecule has 2 amide bonds. The van der Waals surface area contributed by atoms with Crippen LogP contribution in [-0.4, -0.2) is 64.9 Å². The van der Waals surface area contributed by atoms with Crippen molar-refractivity contribution >= 4 is 40.2 Å². The Bertz CT molecular complexity index is 1160. The van der Waals surface area contributed by atoms with E-state index < -0.39 is 23.3 Å². The molecule has 1 spiro atoms. The monoisotopic (exact) mass is 471 g/mol. The van der Waals surface area contributed by atoms with Crippen molar-refractivity contribution in [2.45, 2.75) is 31.2 Å². The molecule has 2 saturated heterocycles. The minimum Gasteiger partial charge on any atom is -0.370 e. The molecule has 2 aromatic rings. The summed E-state index contributed by atoms with van der Waals surface area (Å²) in [6, 6.07) is 8.64. The highest BCUT2D eigenvalue weighted by Crippen LogP contribution is 2.56. The molecule has 1 aliphatic carbocycles. The summed E-state index contributed by atoms with van der Waals surface area (Å²) in [6.45, 7) is 0.399. The van der Waals surface area contributed by atoms with Gasteiger partial charge in [-0.1, -0.05) is 0 Å². The lowest BCUT2D eigenvalue weighted by Crippen LogP contribution is -2.62. The molecule has 2 aliphatic heterocycles. The van der Waals surface area contributed by atoms with Crippen LogP contribution in [0.5, 0.6) is 0 Å². The SMILES string of the molecule is N#C[C@@H]1CSCN1C(=O)CNC(=O)c1ccnc2ccc(N3CC4(CCCC4(F)F)C3)cc12. The number of amides is 2. The fourth-order valence-electron chi connectivity index (χ4n) is 5.03. The summed E-state index contributed by atoms with van der Waals surface area (Å²) in [5.41, 5.74) is 0.815. The Morgan fingerprint density at radius 3 is 2.82 bits per heavy atom. The number of pyridine rings is 1. The summed E-state index contributed by atoms with van der Waals surface area (Å²) < 4.78 is 28.7. The van der Waals surface area contributed by atoms with Gasteiger partial charge in [0.25, 0.3) is 11.8 Å². The van der Waals surface area contributed by atoms with E-state index in [-0.39, 0.29) is 18.9 Å². The van der Waals surface area contributed by atoms with Gasteiger partial charge < -0.3 is 15.1 Å². The van der Waals surface area contributed by atoms with E-state index in [0.717, 1.165) is 5.69 Å². The van der Waals surface area contributed by atoms with Gasteiger partial charge >= 0.3 is 0 Å². The summed E-state index contributed by atoms with van der Waals surface area (Å²) in [5, 5.41) is 12.4. The number of carbonyl (C=O) groups is 2. The molecule has 5 rings (SSSR count). The minimum absolute atomic E-state index is 0.0449. The lowest BCUT2D eigenvalue weighted by Gasteiger charge is -2.52. The molecule has 0 bridgehead atoms. The Morgan fingerprint density at radius 1 is 1.27 bits per heavy atom. The van der Waals surface area contributed by atoms with Crippen LogP contribution in [0, 0.1) is 16.7 Å². The van der Waals surface area contributed by atoms with Gasteiger partial charge in [0, 0.05) is 42.5 Å². The molecule has 1 aromatic carbocycles. The first-order valence-corrected chi connectivity index (χ1v) is 12.1. The van der Waals surface area contributed by atoms with Crippen molar-refractivity contribution in [3.63, 3.8) is 0 Å². The maximum Gasteiger partial charge on any atom is 0.257 e. The molecule has 1 N–H and O–H groups in total. The molecular weight excluding hydrogens is 448 g/mol. The number of hydrogen-bond donors (Lipinski definition) is 1. The van der Waals surface area contributed by atoms with Crippen LogP contribution in [0.1, 0.15) is 29.6 Å². The molecule has 0 radical (unpaired) electrons. The van der Waals surface area contributed by atoms with E-state index in [9.17, 15) is 18.4 Å². The number of hydrogen-bond acceptors (Lipinski definition) is 6. The van der Waals surface area contributed by atoms with Crippen LogP contribution in [0.15, 0.2) is 30.5 Å². The zero-order valence-electron chi connectivity index (χ0n) is 17.9. The van der Waals surface area contributed by atoms with Gasteiger partial charge in [0.1, 0.15) is 6.04 Å². The normalized spacial score (nSPS) is 22.9. The predicted octanol–water partition coefficient (Wildman–Crippen LogP) is 3.02. The number of anilines is 1. The predicted molar refractivity (Wildman–Crippen MR) is 121 cm³/mol. The average Bonchev–Trinajstić information content (AvgIpc) is 3.38. The Hall–Kier alpha value is -2.93. The number of rotatable bonds is 4. The van der Waals surface area contributed by atoms with Crippen molar-refractivity contribution in [1.82, 2.24) is 15.2 Å². The van der Waals surface area contributed by atoms with Gasteiger partial charge in [-0.3, -0.25) is 14.6 Å². The molecule has 172 valence electrons. The van der Waals surface area contributed by atoms with Crippen LogP contribution in [0.25, 0.3) is 10.9 Å². The molecule has 10 heteroatoms. The maximum atomic E-state index is 14.3. The highest BCUT2D eigenvalue weighted by molar-refractivity contribution is 7.99. The summed E-state index contributed by atoms with van der Waals surface area (Å²) in [6.07, 6.45) is 2.57. The third-order valence-corrected chi connectivity index (χ3v) is 8.01. The van der Waals surface area contributed by atoms with Crippen molar-refractivity contribution < 1.29 is 18.4 Å². The van der Waals surface area contributed by atoms with Gasteiger partial charge in [-0.2, -0.15) is 5.26 Å². The minimum atomic E-state index is -2.63. The van der Waals surface area contributed by atoms with Crippen molar-refractivity contribution in [3.05, 3.63) is 36.0 Å². The van der Waals surface area contributed by atoms with E-state index >= 15 is 0 Å². The van der Waals surface area contributed by atoms with Crippen LogP contribution in [-0.2, 0) is 4.79 Å². The van der Waals surface area contributed by atoms with E-state index in [1.807, 2.05) is 17.0 Å². The van der Waals surface area contributed by atoms with Gasteiger partial charge in [-0.05, 0) is 37.1 Å². The first kappa shape index (κ1) is 21.9. The maximum absolute atomic E-state index is 14.3. The van der Waals surface area contributed by atoms with Crippen LogP contribution < -0.4 is 10.2 Å². The molecule has 3 heterocycles. The molecular formula is C23H23F2N5O2S. The number of thioether (sulfide) groups is 1. The van der Waals surface area contributed by atoms with Crippen LogP contribution >= 0.6 is 11.8 Å². The fraction of sp³-hybridized carbons (Fsp3) is 0.478. The van der Waals surface area contributed by atoms with Gasteiger partial charge in [0.2, 0.25) is 5.91 Å². The Kier molecular flexibility index (Phi) is 5.40. The van der Waals surface area contributed by atoms with E-state index in [1.54, 1.807) is 12.1 Å². The number of aromatic nitrogens is 1. The molecule has 1 atom stereocenters. The van der Waals surface area contributed by atoms with Crippen molar-refractivity contribution in [2.75, 3.05) is 36.2 Å². The van der Waals surface area contributed by atoms with Crippen molar-refractivity contribution in [3.8, 4) is 6.07 Å².